The molecule has 0 amide bonds. The first-order chi connectivity index (χ1) is 8.83. The summed E-state index contributed by atoms with van der Waals surface area (Å²) in [7, 11) is 3.95. The van der Waals surface area contributed by atoms with Crippen LogP contribution >= 0.6 is 0 Å². The summed E-state index contributed by atoms with van der Waals surface area (Å²) >= 11 is 0. The van der Waals surface area contributed by atoms with Gasteiger partial charge in [-0.15, -0.1) is 0 Å². The molecule has 1 aromatic heterocycles. The topological polar surface area (TPSA) is 45.5 Å². The first kappa shape index (κ1) is 13.5. The van der Waals surface area contributed by atoms with Crippen molar-refractivity contribution in [2.75, 3.05) is 11.9 Å². The molecule has 4 heteroatoms. The summed E-state index contributed by atoms with van der Waals surface area (Å²) in [5.74, 6) is -0.780. The Labute approximate surface area is 113 Å². The number of carboxylic acid groups (broad SMARTS) is 1. The molecule has 0 aliphatic rings. The largest absolute Gasteiger partial charge is 0.481 e. The van der Waals surface area contributed by atoms with Gasteiger partial charge in [-0.2, -0.15) is 0 Å². The lowest BCUT2D eigenvalue weighted by Crippen LogP contribution is -2.42. The average Bonchev–Trinajstić information content (AvgIpc) is 2.65. The van der Waals surface area contributed by atoms with Gasteiger partial charge in [-0.25, -0.2) is 0 Å². The summed E-state index contributed by atoms with van der Waals surface area (Å²) in [5.41, 5.74) is 1.77. The minimum Gasteiger partial charge on any atom is -0.481 e. The van der Waals surface area contributed by atoms with E-state index in [0.717, 1.165) is 16.6 Å². The minimum atomic E-state index is -0.780. The summed E-state index contributed by atoms with van der Waals surface area (Å²) in [4.78, 5) is 13.0. The smallest absolute Gasteiger partial charge is 0.305 e. The van der Waals surface area contributed by atoms with Gasteiger partial charge in [0, 0.05) is 36.7 Å². The maximum absolute atomic E-state index is 11.0. The number of fused-ring (bicyclic) bond motifs is 1. The molecule has 0 radical (unpaired) electrons. The van der Waals surface area contributed by atoms with E-state index in [0.29, 0.717) is 0 Å². The van der Waals surface area contributed by atoms with E-state index in [1.807, 2.05) is 51.2 Å². The Bertz CT molecular complexity index is 614. The SMILES string of the molecule is CN(c1cn(C)c2ccccc12)C(C)(C)CC(=O)O. The van der Waals surface area contributed by atoms with Crippen LogP contribution in [0.5, 0.6) is 0 Å². The molecule has 2 aromatic rings. The molecule has 0 unspecified atom stereocenters. The third kappa shape index (κ3) is 2.43. The number of aliphatic carboxylic acids is 1. The van der Waals surface area contributed by atoms with Crippen LogP contribution in [0.1, 0.15) is 20.3 Å². The lowest BCUT2D eigenvalue weighted by atomic mass is 9.98. The molecular formula is C15H20N2O2. The number of aryl methyl sites for hydroxylation is 1. The molecule has 0 spiro atoms. The highest BCUT2D eigenvalue weighted by molar-refractivity contribution is 5.93. The number of hydrogen-bond acceptors (Lipinski definition) is 2. The third-order valence-electron chi connectivity index (χ3n) is 3.73. The van der Waals surface area contributed by atoms with Crippen molar-refractivity contribution in [3.05, 3.63) is 30.5 Å². The maximum atomic E-state index is 11.0. The zero-order valence-corrected chi connectivity index (χ0v) is 11.8. The second-order valence-electron chi connectivity index (χ2n) is 5.58. The summed E-state index contributed by atoms with van der Waals surface area (Å²) < 4.78 is 2.07. The number of para-hydroxylation sites is 1. The van der Waals surface area contributed by atoms with Crippen molar-refractivity contribution in [2.24, 2.45) is 7.05 Å². The summed E-state index contributed by atoms with van der Waals surface area (Å²) in [6, 6.07) is 8.15. The number of nitrogens with zero attached hydrogens (tertiary/aromatic N) is 2. The molecule has 2 rings (SSSR count). The van der Waals surface area contributed by atoms with E-state index in [1.165, 1.54) is 0 Å². The van der Waals surface area contributed by atoms with Crippen LogP contribution in [0, 0.1) is 0 Å². The monoisotopic (exact) mass is 260 g/mol. The van der Waals surface area contributed by atoms with Crippen molar-refractivity contribution >= 4 is 22.6 Å². The van der Waals surface area contributed by atoms with Crippen molar-refractivity contribution in [1.82, 2.24) is 4.57 Å². The lowest BCUT2D eigenvalue weighted by Gasteiger charge is -2.36. The highest BCUT2D eigenvalue weighted by Crippen LogP contribution is 2.32. The Morgan fingerprint density at radius 1 is 1.37 bits per heavy atom. The van der Waals surface area contributed by atoms with E-state index in [4.69, 9.17) is 5.11 Å². The van der Waals surface area contributed by atoms with Crippen LogP contribution in [0.4, 0.5) is 5.69 Å². The van der Waals surface area contributed by atoms with Gasteiger partial charge in [0.15, 0.2) is 0 Å². The summed E-state index contributed by atoms with van der Waals surface area (Å²) in [5, 5.41) is 10.2. The van der Waals surface area contributed by atoms with Crippen LogP contribution in [0.25, 0.3) is 10.9 Å². The Morgan fingerprint density at radius 3 is 2.63 bits per heavy atom. The highest BCUT2D eigenvalue weighted by atomic mass is 16.4. The number of aromatic nitrogens is 1. The predicted molar refractivity (Wildman–Crippen MR) is 77.7 cm³/mol. The first-order valence-corrected chi connectivity index (χ1v) is 6.32. The lowest BCUT2D eigenvalue weighted by molar-refractivity contribution is -0.138. The van der Waals surface area contributed by atoms with Crippen LogP contribution in [0.2, 0.25) is 0 Å². The van der Waals surface area contributed by atoms with Crippen molar-refractivity contribution in [3.8, 4) is 0 Å². The molecule has 0 fully saturated rings. The van der Waals surface area contributed by atoms with Gasteiger partial charge in [0.05, 0.1) is 12.1 Å². The van der Waals surface area contributed by atoms with Crippen LogP contribution in [0.3, 0.4) is 0 Å². The minimum absolute atomic E-state index is 0.104. The summed E-state index contributed by atoms with van der Waals surface area (Å²) in [6.45, 7) is 3.89. The number of rotatable bonds is 4. The number of carboxylic acids is 1. The Hall–Kier alpha value is -1.97. The van der Waals surface area contributed by atoms with Gasteiger partial charge in [-0.3, -0.25) is 4.79 Å². The molecule has 1 N–H and O–H groups in total. The van der Waals surface area contributed by atoms with E-state index in [1.54, 1.807) is 0 Å². The molecule has 0 saturated carbocycles. The second kappa shape index (κ2) is 4.61. The first-order valence-electron chi connectivity index (χ1n) is 6.32. The normalized spacial score (nSPS) is 11.8. The second-order valence-corrected chi connectivity index (χ2v) is 5.58. The van der Waals surface area contributed by atoms with E-state index < -0.39 is 11.5 Å². The van der Waals surface area contributed by atoms with E-state index in [9.17, 15) is 4.79 Å². The molecule has 4 nitrogen and oxygen atoms in total. The Balaban J connectivity index is 2.47. The number of anilines is 1. The molecule has 0 saturated heterocycles. The molecule has 102 valence electrons. The quantitative estimate of drug-likeness (QED) is 0.919. The van der Waals surface area contributed by atoms with E-state index >= 15 is 0 Å². The van der Waals surface area contributed by atoms with Crippen molar-refractivity contribution in [1.29, 1.82) is 0 Å². The zero-order chi connectivity index (χ0) is 14.2. The molecule has 19 heavy (non-hydrogen) atoms. The van der Waals surface area contributed by atoms with Crippen LogP contribution in [-0.2, 0) is 11.8 Å². The van der Waals surface area contributed by atoms with Crippen LogP contribution < -0.4 is 4.90 Å². The number of hydrogen-bond donors (Lipinski definition) is 1. The molecule has 0 aliphatic carbocycles. The van der Waals surface area contributed by atoms with Gasteiger partial charge in [-0.05, 0) is 19.9 Å². The van der Waals surface area contributed by atoms with Crippen LogP contribution in [-0.4, -0.2) is 28.2 Å². The molecular weight excluding hydrogens is 240 g/mol. The number of carbonyl (C=O) groups is 1. The Kier molecular flexibility index (Phi) is 3.27. The third-order valence-corrected chi connectivity index (χ3v) is 3.73. The molecule has 1 aromatic carbocycles. The van der Waals surface area contributed by atoms with Gasteiger partial charge >= 0.3 is 5.97 Å². The van der Waals surface area contributed by atoms with Crippen LogP contribution in [0.15, 0.2) is 30.5 Å². The standard InChI is InChI=1S/C15H20N2O2/c1-15(2,9-14(18)19)17(4)13-10-16(3)12-8-6-5-7-11(12)13/h5-8,10H,9H2,1-4H3,(H,18,19). The molecule has 0 aliphatic heterocycles. The van der Waals surface area contributed by atoms with Gasteiger partial charge in [0.2, 0.25) is 0 Å². The predicted octanol–water partition coefficient (Wildman–Crippen LogP) is 2.87. The molecule has 1 heterocycles. The number of benzene rings is 1. The summed E-state index contributed by atoms with van der Waals surface area (Å²) in [6.07, 6.45) is 2.15. The zero-order valence-electron chi connectivity index (χ0n) is 11.8. The molecule has 0 atom stereocenters. The molecule has 0 bridgehead atoms. The van der Waals surface area contributed by atoms with E-state index in [-0.39, 0.29) is 6.42 Å². The van der Waals surface area contributed by atoms with Gasteiger partial charge < -0.3 is 14.6 Å². The van der Waals surface area contributed by atoms with Gasteiger partial charge in [0.1, 0.15) is 0 Å². The van der Waals surface area contributed by atoms with Crippen molar-refractivity contribution in [3.63, 3.8) is 0 Å². The van der Waals surface area contributed by atoms with Gasteiger partial charge in [-0.1, -0.05) is 18.2 Å². The fraction of sp³-hybridized carbons (Fsp3) is 0.400. The highest BCUT2D eigenvalue weighted by Gasteiger charge is 2.28. The Morgan fingerprint density at radius 2 is 2.00 bits per heavy atom. The fourth-order valence-electron chi connectivity index (χ4n) is 2.40. The van der Waals surface area contributed by atoms with E-state index in [2.05, 4.69) is 16.7 Å². The van der Waals surface area contributed by atoms with Crippen molar-refractivity contribution < 1.29 is 9.90 Å². The fourth-order valence-corrected chi connectivity index (χ4v) is 2.40. The van der Waals surface area contributed by atoms with Gasteiger partial charge in [0.25, 0.3) is 0 Å². The average molecular weight is 260 g/mol. The van der Waals surface area contributed by atoms with Crippen molar-refractivity contribution in [2.45, 2.75) is 25.8 Å². The maximum Gasteiger partial charge on any atom is 0.305 e.